The Balaban J connectivity index is 2.07. The van der Waals surface area contributed by atoms with Gasteiger partial charge in [0, 0.05) is 12.0 Å². The lowest BCUT2D eigenvalue weighted by molar-refractivity contribution is 0.0361. The second kappa shape index (κ2) is 2.76. The van der Waals surface area contributed by atoms with Gasteiger partial charge in [-0.3, -0.25) is 0 Å². The Hall–Kier alpha value is -0.0800. The molecule has 2 heterocycles. The van der Waals surface area contributed by atoms with Crippen LogP contribution in [0.2, 0.25) is 0 Å². The molecule has 4 unspecified atom stereocenters. The third-order valence-corrected chi connectivity index (χ3v) is 3.11. The van der Waals surface area contributed by atoms with Crippen LogP contribution in [0.1, 0.15) is 26.7 Å². The lowest BCUT2D eigenvalue weighted by atomic mass is 9.95. The van der Waals surface area contributed by atoms with Gasteiger partial charge in [-0.15, -0.1) is 0 Å². The summed E-state index contributed by atoms with van der Waals surface area (Å²) in [5, 5.41) is 3.52. The smallest absolute Gasteiger partial charge is 0.0732 e. The van der Waals surface area contributed by atoms with Crippen molar-refractivity contribution in [2.45, 2.75) is 44.9 Å². The van der Waals surface area contributed by atoms with Crippen LogP contribution in [0.15, 0.2) is 0 Å². The molecule has 0 aromatic carbocycles. The van der Waals surface area contributed by atoms with Crippen LogP contribution in [0.4, 0.5) is 0 Å². The van der Waals surface area contributed by atoms with Gasteiger partial charge in [-0.05, 0) is 26.3 Å². The second-order valence-corrected chi connectivity index (χ2v) is 3.72. The number of hydrogen-bond donors (Lipinski definition) is 1. The Morgan fingerprint density at radius 2 is 2.36 bits per heavy atom. The maximum absolute atomic E-state index is 5.81. The summed E-state index contributed by atoms with van der Waals surface area (Å²) in [5.74, 6) is 0.792. The molecule has 2 aliphatic rings. The Morgan fingerprint density at radius 3 is 3.09 bits per heavy atom. The Kier molecular flexibility index (Phi) is 1.90. The van der Waals surface area contributed by atoms with Gasteiger partial charge in [0.05, 0.1) is 12.2 Å². The topological polar surface area (TPSA) is 21.3 Å². The molecule has 11 heavy (non-hydrogen) atoms. The number of nitrogens with one attached hydrogen (secondary N) is 1. The largest absolute Gasteiger partial charge is 0.373 e. The third kappa shape index (κ3) is 1.09. The van der Waals surface area contributed by atoms with Gasteiger partial charge in [0.15, 0.2) is 0 Å². The summed E-state index contributed by atoms with van der Waals surface area (Å²) >= 11 is 0. The number of ether oxygens (including phenoxy) is 1. The predicted octanol–water partition coefficient (Wildman–Crippen LogP) is 1.16. The van der Waals surface area contributed by atoms with E-state index in [0.29, 0.717) is 18.2 Å². The fourth-order valence-corrected chi connectivity index (χ4v) is 2.49. The molecule has 2 heteroatoms. The van der Waals surface area contributed by atoms with E-state index in [1.165, 1.54) is 13.0 Å². The van der Waals surface area contributed by atoms with Crippen LogP contribution in [0.3, 0.4) is 0 Å². The van der Waals surface area contributed by atoms with E-state index in [1.54, 1.807) is 0 Å². The first kappa shape index (κ1) is 7.56. The zero-order valence-corrected chi connectivity index (χ0v) is 7.34. The molecule has 2 saturated heterocycles. The minimum Gasteiger partial charge on any atom is -0.373 e. The highest BCUT2D eigenvalue weighted by Gasteiger charge is 2.43. The molecule has 0 aliphatic carbocycles. The summed E-state index contributed by atoms with van der Waals surface area (Å²) in [7, 11) is 0. The zero-order chi connectivity index (χ0) is 7.84. The molecule has 0 saturated carbocycles. The van der Waals surface area contributed by atoms with Gasteiger partial charge in [-0.25, -0.2) is 0 Å². The summed E-state index contributed by atoms with van der Waals surface area (Å²) < 4.78 is 5.81. The molecule has 2 nitrogen and oxygen atoms in total. The van der Waals surface area contributed by atoms with Gasteiger partial charge in [-0.2, -0.15) is 0 Å². The quantitative estimate of drug-likeness (QED) is 0.613. The molecule has 1 N–H and O–H groups in total. The van der Waals surface area contributed by atoms with Gasteiger partial charge < -0.3 is 10.1 Å². The van der Waals surface area contributed by atoms with Crippen LogP contribution in [0.5, 0.6) is 0 Å². The molecular formula is C9H17NO. The van der Waals surface area contributed by atoms with E-state index in [1.807, 2.05) is 0 Å². The highest BCUT2D eigenvalue weighted by atomic mass is 16.5. The SMILES string of the molecule is CCC1OC(C)C2CCNC12. The van der Waals surface area contributed by atoms with Gasteiger partial charge in [0.2, 0.25) is 0 Å². The van der Waals surface area contributed by atoms with E-state index in [2.05, 4.69) is 19.2 Å². The van der Waals surface area contributed by atoms with E-state index in [4.69, 9.17) is 4.74 Å². The molecule has 0 spiro atoms. The normalized spacial score (nSPS) is 49.6. The van der Waals surface area contributed by atoms with Crippen molar-refractivity contribution < 1.29 is 4.74 Å². The molecular weight excluding hydrogens is 138 g/mol. The molecule has 2 fully saturated rings. The number of rotatable bonds is 1. The van der Waals surface area contributed by atoms with Crippen molar-refractivity contribution in [3.8, 4) is 0 Å². The summed E-state index contributed by atoms with van der Waals surface area (Å²) in [6.07, 6.45) is 3.43. The molecule has 64 valence electrons. The predicted molar refractivity (Wildman–Crippen MR) is 44.5 cm³/mol. The summed E-state index contributed by atoms with van der Waals surface area (Å²) in [6.45, 7) is 5.61. The van der Waals surface area contributed by atoms with Gasteiger partial charge in [-0.1, -0.05) is 6.92 Å². The zero-order valence-electron chi connectivity index (χ0n) is 7.34. The maximum Gasteiger partial charge on any atom is 0.0732 e. The van der Waals surface area contributed by atoms with E-state index in [9.17, 15) is 0 Å². The Labute approximate surface area is 68.3 Å². The molecule has 0 amide bonds. The highest BCUT2D eigenvalue weighted by Crippen LogP contribution is 2.33. The summed E-state index contributed by atoms with van der Waals surface area (Å²) in [4.78, 5) is 0. The molecule has 0 radical (unpaired) electrons. The van der Waals surface area contributed by atoms with Crippen molar-refractivity contribution in [1.82, 2.24) is 5.32 Å². The van der Waals surface area contributed by atoms with Crippen molar-refractivity contribution >= 4 is 0 Å². The average molecular weight is 155 g/mol. The number of hydrogen-bond acceptors (Lipinski definition) is 2. The fraction of sp³-hybridized carbons (Fsp3) is 1.00. The van der Waals surface area contributed by atoms with Crippen LogP contribution >= 0.6 is 0 Å². The molecule has 4 atom stereocenters. The molecule has 0 aromatic rings. The van der Waals surface area contributed by atoms with Crippen LogP contribution in [-0.4, -0.2) is 24.8 Å². The molecule has 0 aromatic heterocycles. The molecule has 2 aliphatic heterocycles. The van der Waals surface area contributed by atoms with Crippen molar-refractivity contribution in [3.05, 3.63) is 0 Å². The van der Waals surface area contributed by atoms with E-state index < -0.39 is 0 Å². The van der Waals surface area contributed by atoms with E-state index in [0.717, 1.165) is 12.3 Å². The van der Waals surface area contributed by atoms with Crippen molar-refractivity contribution in [3.63, 3.8) is 0 Å². The monoisotopic (exact) mass is 155 g/mol. The third-order valence-electron chi connectivity index (χ3n) is 3.11. The average Bonchev–Trinajstić information content (AvgIpc) is 2.54. The molecule has 0 bridgehead atoms. The van der Waals surface area contributed by atoms with Crippen LogP contribution in [0.25, 0.3) is 0 Å². The fourth-order valence-electron chi connectivity index (χ4n) is 2.49. The minimum atomic E-state index is 0.484. The summed E-state index contributed by atoms with van der Waals surface area (Å²) in [6, 6.07) is 0.662. The van der Waals surface area contributed by atoms with Crippen LogP contribution in [-0.2, 0) is 4.74 Å². The van der Waals surface area contributed by atoms with Crippen LogP contribution < -0.4 is 5.32 Å². The first-order chi connectivity index (χ1) is 5.33. The Morgan fingerprint density at radius 1 is 1.55 bits per heavy atom. The standard InChI is InChI=1S/C9H17NO/c1-3-8-9-7(4-5-10-9)6(2)11-8/h6-10H,3-5H2,1-2H3. The van der Waals surface area contributed by atoms with Crippen LogP contribution in [0, 0.1) is 5.92 Å². The Bertz CT molecular complexity index is 148. The first-order valence-corrected chi connectivity index (χ1v) is 4.71. The van der Waals surface area contributed by atoms with Crippen molar-refractivity contribution in [1.29, 1.82) is 0 Å². The van der Waals surface area contributed by atoms with Crippen molar-refractivity contribution in [2.24, 2.45) is 5.92 Å². The lowest BCUT2D eigenvalue weighted by Gasteiger charge is -2.14. The first-order valence-electron chi connectivity index (χ1n) is 4.71. The highest BCUT2D eigenvalue weighted by molar-refractivity contribution is 4.97. The maximum atomic E-state index is 5.81. The second-order valence-electron chi connectivity index (χ2n) is 3.72. The lowest BCUT2D eigenvalue weighted by Crippen LogP contribution is -2.33. The summed E-state index contributed by atoms with van der Waals surface area (Å²) in [5.41, 5.74) is 0. The van der Waals surface area contributed by atoms with Gasteiger partial charge in [0.25, 0.3) is 0 Å². The van der Waals surface area contributed by atoms with E-state index in [-0.39, 0.29) is 0 Å². The van der Waals surface area contributed by atoms with Crippen molar-refractivity contribution in [2.75, 3.05) is 6.54 Å². The molecule has 2 rings (SSSR count). The van der Waals surface area contributed by atoms with Gasteiger partial charge in [0.1, 0.15) is 0 Å². The van der Waals surface area contributed by atoms with Gasteiger partial charge >= 0.3 is 0 Å². The van der Waals surface area contributed by atoms with E-state index >= 15 is 0 Å². The number of fused-ring (bicyclic) bond motifs is 1. The minimum absolute atomic E-state index is 0.484.